The van der Waals surface area contributed by atoms with E-state index in [0.717, 1.165) is 49.0 Å². The Balaban J connectivity index is 1.23. The van der Waals surface area contributed by atoms with Crippen LogP contribution in [0.5, 0.6) is 5.75 Å². The largest absolute Gasteiger partial charge is 0.494 e. The van der Waals surface area contributed by atoms with E-state index in [0.29, 0.717) is 12.3 Å². The number of hydrogen-bond donors (Lipinski definition) is 0. The van der Waals surface area contributed by atoms with Crippen molar-refractivity contribution in [2.24, 2.45) is 0 Å². The second kappa shape index (κ2) is 8.88. The van der Waals surface area contributed by atoms with Gasteiger partial charge in [-0.15, -0.1) is 0 Å². The van der Waals surface area contributed by atoms with Crippen molar-refractivity contribution < 1.29 is 14.3 Å². The van der Waals surface area contributed by atoms with Gasteiger partial charge >= 0.3 is 0 Å². The maximum Gasteiger partial charge on any atom is 0.251 e. The number of ether oxygens (including phenoxy) is 1. The third-order valence-corrected chi connectivity index (χ3v) is 7.10. The van der Waals surface area contributed by atoms with Crippen molar-refractivity contribution in [3.8, 4) is 5.75 Å². The number of rotatable bonds is 6. The minimum Gasteiger partial charge on any atom is -0.494 e. The molecule has 166 valence electrons. The van der Waals surface area contributed by atoms with E-state index < -0.39 is 6.04 Å². The van der Waals surface area contributed by atoms with E-state index in [4.69, 9.17) is 9.72 Å². The Morgan fingerprint density at radius 3 is 2.50 bits per heavy atom. The molecule has 2 aromatic carbocycles. The van der Waals surface area contributed by atoms with Crippen LogP contribution < -0.4 is 14.5 Å². The molecule has 2 saturated heterocycles. The highest BCUT2D eigenvalue weighted by atomic mass is 32.1. The zero-order valence-electron chi connectivity index (χ0n) is 18.1. The van der Waals surface area contributed by atoms with Crippen molar-refractivity contribution in [1.29, 1.82) is 0 Å². The Kier molecular flexibility index (Phi) is 5.80. The first kappa shape index (κ1) is 20.9. The standard InChI is InChI=1S/C24H26N4O3S/c1-2-15-31-18-9-7-17(8-10-18)28-22(29)16-20(23(28)30)26-11-13-27(14-12-26)24-25-19-5-3-4-6-21(19)32-24/h3-10,20H,2,11-16H2,1H3/t20-/m0/s1. The van der Waals surface area contributed by atoms with Gasteiger partial charge in [0.15, 0.2) is 5.13 Å². The van der Waals surface area contributed by atoms with E-state index >= 15 is 0 Å². The van der Waals surface area contributed by atoms with Gasteiger partial charge in [-0.1, -0.05) is 30.4 Å². The third kappa shape index (κ3) is 3.96. The predicted octanol–water partition coefficient (Wildman–Crippen LogP) is 3.54. The molecule has 32 heavy (non-hydrogen) atoms. The van der Waals surface area contributed by atoms with E-state index in [2.05, 4.69) is 22.8 Å². The van der Waals surface area contributed by atoms with Gasteiger partial charge in [0.05, 0.1) is 35.0 Å². The van der Waals surface area contributed by atoms with Gasteiger partial charge in [-0.3, -0.25) is 14.5 Å². The highest BCUT2D eigenvalue weighted by molar-refractivity contribution is 7.22. The number of hydrogen-bond acceptors (Lipinski definition) is 7. The number of anilines is 2. The second-order valence-corrected chi connectivity index (χ2v) is 9.13. The number of piperazine rings is 1. The lowest BCUT2D eigenvalue weighted by molar-refractivity contribution is -0.123. The zero-order chi connectivity index (χ0) is 22.1. The van der Waals surface area contributed by atoms with Crippen molar-refractivity contribution in [2.45, 2.75) is 25.8 Å². The average Bonchev–Trinajstić information content (AvgIpc) is 3.39. The van der Waals surface area contributed by atoms with Crippen LogP contribution >= 0.6 is 11.3 Å². The van der Waals surface area contributed by atoms with E-state index in [-0.39, 0.29) is 18.2 Å². The second-order valence-electron chi connectivity index (χ2n) is 8.12. The third-order valence-electron chi connectivity index (χ3n) is 6.00. The highest BCUT2D eigenvalue weighted by Gasteiger charge is 2.43. The fourth-order valence-corrected chi connectivity index (χ4v) is 5.32. The molecule has 8 heteroatoms. The molecule has 5 rings (SSSR count). The minimum absolute atomic E-state index is 0.134. The first-order valence-corrected chi connectivity index (χ1v) is 11.9. The minimum atomic E-state index is -0.393. The molecule has 0 radical (unpaired) electrons. The lowest BCUT2D eigenvalue weighted by Gasteiger charge is -2.36. The summed E-state index contributed by atoms with van der Waals surface area (Å²) < 4.78 is 6.79. The number of nitrogens with zero attached hydrogens (tertiary/aromatic N) is 4. The summed E-state index contributed by atoms with van der Waals surface area (Å²) in [6.45, 7) is 5.75. The molecule has 0 unspecified atom stereocenters. The smallest absolute Gasteiger partial charge is 0.251 e. The van der Waals surface area contributed by atoms with Crippen molar-refractivity contribution in [3.05, 3.63) is 48.5 Å². The molecule has 3 heterocycles. The molecule has 2 aliphatic heterocycles. The van der Waals surface area contributed by atoms with Crippen molar-refractivity contribution in [1.82, 2.24) is 9.88 Å². The van der Waals surface area contributed by atoms with Crippen LogP contribution in [-0.2, 0) is 9.59 Å². The quantitative estimate of drug-likeness (QED) is 0.535. The molecule has 0 spiro atoms. The van der Waals surface area contributed by atoms with Gasteiger partial charge in [0.1, 0.15) is 5.75 Å². The number of amides is 2. The van der Waals surface area contributed by atoms with Crippen LogP contribution in [0.2, 0.25) is 0 Å². The summed E-state index contributed by atoms with van der Waals surface area (Å²) in [5.74, 6) is 0.471. The van der Waals surface area contributed by atoms with E-state index in [1.165, 1.54) is 9.60 Å². The van der Waals surface area contributed by atoms with Gasteiger partial charge < -0.3 is 9.64 Å². The number of aromatic nitrogens is 1. The van der Waals surface area contributed by atoms with E-state index in [9.17, 15) is 9.59 Å². The molecule has 1 aromatic heterocycles. The fraction of sp³-hybridized carbons (Fsp3) is 0.375. The highest BCUT2D eigenvalue weighted by Crippen LogP contribution is 2.31. The Bertz CT molecular complexity index is 1090. The van der Waals surface area contributed by atoms with Crippen LogP contribution in [0.1, 0.15) is 19.8 Å². The number of para-hydroxylation sites is 1. The van der Waals surface area contributed by atoms with Crippen LogP contribution in [0, 0.1) is 0 Å². The average molecular weight is 451 g/mol. The van der Waals surface area contributed by atoms with Crippen LogP contribution in [0.15, 0.2) is 48.5 Å². The molecule has 0 aliphatic carbocycles. The number of carbonyl (C=O) groups is 2. The first-order chi connectivity index (χ1) is 15.6. The van der Waals surface area contributed by atoms with Crippen LogP contribution in [0.3, 0.4) is 0 Å². The molecular weight excluding hydrogens is 424 g/mol. The van der Waals surface area contributed by atoms with Gasteiger partial charge in [-0.25, -0.2) is 9.88 Å². The maximum atomic E-state index is 13.1. The molecule has 0 N–H and O–H groups in total. The molecule has 1 atom stereocenters. The van der Waals surface area contributed by atoms with E-state index in [1.54, 1.807) is 23.5 Å². The molecule has 2 amide bonds. The Hall–Kier alpha value is -2.97. The van der Waals surface area contributed by atoms with Gasteiger partial charge in [0.2, 0.25) is 5.91 Å². The van der Waals surface area contributed by atoms with Crippen LogP contribution in [0.25, 0.3) is 10.2 Å². The van der Waals surface area contributed by atoms with E-state index in [1.807, 2.05) is 30.3 Å². The summed E-state index contributed by atoms with van der Waals surface area (Å²) in [6, 6.07) is 15.0. The zero-order valence-corrected chi connectivity index (χ0v) is 18.9. The molecule has 0 saturated carbocycles. The lowest BCUT2D eigenvalue weighted by atomic mass is 10.2. The number of fused-ring (bicyclic) bond motifs is 1. The predicted molar refractivity (Wildman–Crippen MR) is 127 cm³/mol. The van der Waals surface area contributed by atoms with Gasteiger partial charge in [-0.2, -0.15) is 0 Å². The van der Waals surface area contributed by atoms with Gasteiger partial charge in [0, 0.05) is 26.2 Å². The van der Waals surface area contributed by atoms with Gasteiger partial charge in [-0.05, 0) is 42.8 Å². The maximum absolute atomic E-state index is 13.1. The van der Waals surface area contributed by atoms with Gasteiger partial charge in [0.25, 0.3) is 5.91 Å². The number of carbonyl (C=O) groups excluding carboxylic acids is 2. The molecular formula is C24H26N4O3S. The Morgan fingerprint density at radius 1 is 1.03 bits per heavy atom. The Labute approximate surface area is 191 Å². The summed E-state index contributed by atoms with van der Waals surface area (Å²) in [6.07, 6.45) is 1.16. The molecule has 3 aromatic rings. The Morgan fingerprint density at radius 2 is 1.78 bits per heavy atom. The summed E-state index contributed by atoms with van der Waals surface area (Å²) in [7, 11) is 0. The van der Waals surface area contributed by atoms with Crippen molar-refractivity contribution in [2.75, 3.05) is 42.6 Å². The number of imide groups is 1. The van der Waals surface area contributed by atoms with Crippen molar-refractivity contribution >= 4 is 44.2 Å². The van der Waals surface area contributed by atoms with Crippen LogP contribution in [0.4, 0.5) is 10.8 Å². The topological polar surface area (TPSA) is 66.0 Å². The summed E-state index contributed by atoms with van der Waals surface area (Å²) >= 11 is 1.70. The number of benzene rings is 2. The molecule has 0 bridgehead atoms. The SMILES string of the molecule is CCCOc1ccc(N2C(=O)C[C@H](N3CCN(c4nc5ccccc5s4)CC3)C2=O)cc1. The van der Waals surface area contributed by atoms with Crippen molar-refractivity contribution in [3.63, 3.8) is 0 Å². The monoisotopic (exact) mass is 450 g/mol. The first-order valence-electron chi connectivity index (χ1n) is 11.1. The molecule has 2 aliphatic rings. The molecule has 7 nitrogen and oxygen atoms in total. The van der Waals surface area contributed by atoms with Crippen LogP contribution in [-0.4, -0.2) is 60.5 Å². The summed E-state index contributed by atoms with van der Waals surface area (Å²) in [5, 5.41) is 1.02. The molecule has 2 fully saturated rings. The summed E-state index contributed by atoms with van der Waals surface area (Å²) in [5.41, 5.74) is 1.63. The number of thiazole rings is 1. The lowest BCUT2D eigenvalue weighted by Crippen LogP contribution is -2.52. The summed E-state index contributed by atoms with van der Waals surface area (Å²) in [4.78, 5) is 36.4. The fourth-order valence-electron chi connectivity index (χ4n) is 4.30. The normalized spacial score (nSPS) is 19.8.